The Kier molecular flexibility index (Phi) is 4.50. The Bertz CT molecular complexity index is 742. The highest BCUT2D eigenvalue weighted by Gasteiger charge is 2.38. The first kappa shape index (κ1) is 17.7. The predicted molar refractivity (Wildman–Crippen MR) is 89.4 cm³/mol. The highest BCUT2D eigenvalue weighted by molar-refractivity contribution is 5.61. The Morgan fingerprint density at radius 1 is 1.12 bits per heavy atom. The SMILES string of the molecule is C=C1CC(C)(C)CCC1(C)N=Nc1ccc([N+](=O)[O-])cc1[N+](=O)[O-]. The molecule has 1 aromatic rings. The molecule has 0 aliphatic heterocycles. The van der Waals surface area contributed by atoms with Gasteiger partial charge in [-0.1, -0.05) is 20.4 Å². The maximum Gasteiger partial charge on any atom is 0.303 e. The van der Waals surface area contributed by atoms with Crippen LogP contribution in [0.15, 0.2) is 40.6 Å². The monoisotopic (exact) mass is 332 g/mol. The molecule has 8 nitrogen and oxygen atoms in total. The smallest absolute Gasteiger partial charge is 0.258 e. The van der Waals surface area contributed by atoms with Crippen LogP contribution in [-0.2, 0) is 0 Å². The first-order chi connectivity index (χ1) is 11.0. The van der Waals surface area contributed by atoms with Gasteiger partial charge in [0, 0.05) is 6.07 Å². The van der Waals surface area contributed by atoms with Gasteiger partial charge in [0.15, 0.2) is 5.69 Å². The number of nitro groups is 2. The van der Waals surface area contributed by atoms with E-state index >= 15 is 0 Å². The zero-order valence-electron chi connectivity index (χ0n) is 14.0. The molecule has 0 saturated heterocycles. The third-order valence-corrected chi connectivity index (χ3v) is 4.49. The Hall–Kier alpha value is -2.64. The predicted octanol–water partition coefficient (Wildman–Crippen LogP) is 5.11. The third-order valence-electron chi connectivity index (χ3n) is 4.49. The van der Waals surface area contributed by atoms with Gasteiger partial charge in [-0.15, -0.1) is 5.11 Å². The normalized spacial score (nSPS) is 23.4. The number of hydrogen-bond acceptors (Lipinski definition) is 6. The van der Waals surface area contributed by atoms with Crippen molar-refractivity contribution in [3.63, 3.8) is 0 Å². The molecular weight excluding hydrogens is 312 g/mol. The Balaban J connectivity index is 2.33. The summed E-state index contributed by atoms with van der Waals surface area (Å²) in [6.45, 7) is 10.3. The highest BCUT2D eigenvalue weighted by atomic mass is 16.6. The lowest BCUT2D eigenvalue weighted by atomic mass is 9.68. The lowest BCUT2D eigenvalue weighted by molar-refractivity contribution is -0.393. The quantitative estimate of drug-likeness (QED) is 0.330. The summed E-state index contributed by atoms with van der Waals surface area (Å²) in [4.78, 5) is 20.5. The average molecular weight is 332 g/mol. The van der Waals surface area contributed by atoms with Gasteiger partial charge in [-0.25, -0.2) is 0 Å². The van der Waals surface area contributed by atoms with E-state index in [1.807, 2.05) is 6.92 Å². The van der Waals surface area contributed by atoms with E-state index in [9.17, 15) is 20.2 Å². The fraction of sp³-hybridized carbons (Fsp3) is 0.500. The summed E-state index contributed by atoms with van der Waals surface area (Å²) in [6, 6.07) is 3.33. The molecule has 0 radical (unpaired) electrons. The molecule has 0 amide bonds. The van der Waals surface area contributed by atoms with Crippen LogP contribution in [0, 0.1) is 25.6 Å². The van der Waals surface area contributed by atoms with Crippen molar-refractivity contribution in [1.29, 1.82) is 0 Å². The minimum absolute atomic E-state index is 0.00413. The van der Waals surface area contributed by atoms with Crippen LogP contribution in [0.3, 0.4) is 0 Å². The van der Waals surface area contributed by atoms with Gasteiger partial charge in [0.1, 0.15) is 0 Å². The van der Waals surface area contributed by atoms with E-state index in [0.717, 1.165) is 30.9 Å². The first-order valence-electron chi connectivity index (χ1n) is 7.58. The van der Waals surface area contributed by atoms with Crippen LogP contribution in [-0.4, -0.2) is 15.4 Å². The lowest BCUT2D eigenvalue weighted by Crippen LogP contribution is -2.34. The molecule has 1 unspecified atom stereocenters. The van der Waals surface area contributed by atoms with Crippen LogP contribution in [0.5, 0.6) is 0 Å². The molecule has 0 N–H and O–H groups in total. The third kappa shape index (κ3) is 3.64. The second-order valence-corrected chi connectivity index (χ2v) is 7.11. The van der Waals surface area contributed by atoms with Crippen LogP contribution in [0.25, 0.3) is 0 Å². The van der Waals surface area contributed by atoms with Crippen molar-refractivity contribution >= 4 is 17.1 Å². The van der Waals surface area contributed by atoms with Crippen molar-refractivity contribution in [3.05, 3.63) is 50.6 Å². The number of nitro benzene ring substituents is 2. The van der Waals surface area contributed by atoms with Crippen LogP contribution >= 0.6 is 0 Å². The molecule has 2 rings (SSSR count). The molecular formula is C16H20N4O4. The van der Waals surface area contributed by atoms with E-state index in [-0.39, 0.29) is 16.8 Å². The van der Waals surface area contributed by atoms with Crippen LogP contribution < -0.4 is 0 Å². The van der Waals surface area contributed by atoms with Gasteiger partial charge >= 0.3 is 5.69 Å². The van der Waals surface area contributed by atoms with Gasteiger partial charge in [-0.2, -0.15) is 5.11 Å². The van der Waals surface area contributed by atoms with Crippen molar-refractivity contribution in [2.75, 3.05) is 0 Å². The average Bonchev–Trinajstić information content (AvgIpc) is 2.49. The molecule has 0 bridgehead atoms. The summed E-state index contributed by atoms with van der Waals surface area (Å²) in [7, 11) is 0. The van der Waals surface area contributed by atoms with Gasteiger partial charge in [-0.05, 0) is 43.2 Å². The molecule has 0 aromatic heterocycles. The van der Waals surface area contributed by atoms with Crippen molar-refractivity contribution in [1.82, 2.24) is 0 Å². The molecule has 8 heteroatoms. The van der Waals surface area contributed by atoms with Crippen LogP contribution in [0.4, 0.5) is 17.1 Å². The molecule has 1 fully saturated rings. The van der Waals surface area contributed by atoms with Gasteiger partial charge in [0.05, 0.1) is 21.5 Å². The van der Waals surface area contributed by atoms with Crippen molar-refractivity contribution in [2.45, 2.75) is 45.6 Å². The summed E-state index contributed by atoms with van der Waals surface area (Å²) < 4.78 is 0. The highest BCUT2D eigenvalue weighted by Crippen LogP contribution is 2.45. The number of rotatable bonds is 4. The molecule has 1 saturated carbocycles. The van der Waals surface area contributed by atoms with E-state index in [0.29, 0.717) is 0 Å². The zero-order valence-corrected chi connectivity index (χ0v) is 14.0. The molecule has 1 aliphatic rings. The second kappa shape index (κ2) is 6.10. The van der Waals surface area contributed by atoms with E-state index in [4.69, 9.17) is 0 Å². The summed E-state index contributed by atoms with van der Waals surface area (Å²) in [5.41, 5.74) is -0.262. The first-order valence-corrected chi connectivity index (χ1v) is 7.58. The van der Waals surface area contributed by atoms with Gasteiger partial charge in [0.25, 0.3) is 5.69 Å². The van der Waals surface area contributed by atoms with Crippen molar-refractivity contribution in [3.8, 4) is 0 Å². The van der Waals surface area contributed by atoms with Gasteiger partial charge < -0.3 is 0 Å². The number of benzene rings is 1. The number of hydrogen-bond donors (Lipinski definition) is 0. The van der Waals surface area contributed by atoms with E-state index in [1.54, 1.807) is 0 Å². The number of azo groups is 1. The summed E-state index contributed by atoms with van der Waals surface area (Å²) in [5, 5.41) is 30.2. The topological polar surface area (TPSA) is 111 Å². The second-order valence-electron chi connectivity index (χ2n) is 7.11. The maximum absolute atomic E-state index is 11.1. The van der Waals surface area contributed by atoms with Crippen molar-refractivity contribution < 1.29 is 9.85 Å². The molecule has 0 heterocycles. The minimum atomic E-state index is -0.692. The Morgan fingerprint density at radius 3 is 2.33 bits per heavy atom. The number of non-ortho nitro benzene ring substituents is 1. The maximum atomic E-state index is 11.1. The van der Waals surface area contributed by atoms with Gasteiger partial charge in [0.2, 0.25) is 0 Å². The van der Waals surface area contributed by atoms with E-state index in [2.05, 4.69) is 30.7 Å². The largest absolute Gasteiger partial charge is 0.303 e. The fourth-order valence-electron chi connectivity index (χ4n) is 2.76. The van der Waals surface area contributed by atoms with E-state index < -0.39 is 21.1 Å². The molecule has 24 heavy (non-hydrogen) atoms. The Labute approximate surface area is 139 Å². The molecule has 1 aromatic carbocycles. The van der Waals surface area contributed by atoms with E-state index in [1.165, 1.54) is 12.1 Å². The molecule has 1 aliphatic carbocycles. The zero-order chi connectivity index (χ0) is 18.1. The summed E-state index contributed by atoms with van der Waals surface area (Å²) >= 11 is 0. The minimum Gasteiger partial charge on any atom is -0.258 e. The molecule has 1 atom stereocenters. The Morgan fingerprint density at radius 2 is 1.79 bits per heavy atom. The van der Waals surface area contributed by atoms with Gasteiger partial charge in [-0.3, -0.25) is 20.2 Å². The molecule has 128 valence electrons. The number of nitrogens with zero attached hydrogens (tertiary/aromatic N) is 4. The summed E-state index contributed by atoms with van der Waals surface area (Å²) in [6.07, 6.45) is 2.51. The van der Waals surface area contributed by atoms with Crippen LogP contribution in [0.2, 0.25) is 0 Å². The van der Waals surface area contributed by atoms with Crippen molar-refractivity contribution in [2.24, 2.45) is 15.6 Å². The van der Waals surface area contributed by atoms with Crippen LogP contribution in [0.1, 0.15) is 40.0 Å². The lowest BCUT2D eigenvalue weighted by Gasteiger charge is -2.40. The summed E-state index contributed by atoms with van der Waals surface area (Å²) in [5.74, 6) is 0. The fourth-order valence-corrected chi connectivity index (χ4v) is 2.76. The molecule has 0 spiro atoms. The standard InChI is InChI=1S/C16H20N4O4/c1-11-10-15(2,3)7-8-16(11,4)18-17-13-6-5-12(19(21)22)9-14(13)20(23)24/h5-6,9H,1,7-8,10H2,2-4H3.